The van der Waals surface area contributed by atoms with Gasteiger partial charge in [0.2, 0.25) is 5.91 Å². The van der Waals surface area contributed by atoms with Gasteiger partial charge in [0.05, 0.1) is 0 Å². The Hall–Kier alpha value is -2.13. The first-order valence-corrected chi connectivity index (χ1v) is 7.33. The summed E-state index contributed by atoms with van der Waals surface area (Å²) in [6.07, 6.45) is 2.29. The molecule has 0 spiro atoms. The van der Waals surface area contributed by atoms with Crippen molar-refractivity contribution in [1.29, 1.82) is 0 Å². The predicted molar refractivity (Wildman–Crippen MR) is 83.2 cm³/mol. The van der Waals surface area contributed by atoms with E-state index in [9.17, 15) is 4.79 Å². The number of benzene rings is 2. The molecule has 0 radical (unpaired) electrons. The topological polar surface area (TPSA) is 49.3 Å². The van der Waals surface area contributed by atoms with Crippen LogP contribution in [-0.4, -0.2) is 17.6 Å². The Morgan fingerprint density at radius 2 is 1.67 bits per heavy atom. The van der Waals surface area contributed by atoms with Gasteiger partial charge in [0, 0.05) is 18.2 Å². The van der Waals surface area contributed by atoms with Crippen molar-refractivity contribution < 1.29 is 9.90 Å². The highest BCUT2D eigenvalue weighted by Gasteiger charge is 2.26. The minimum Gasteiger partial charge on any atom is -0.396 e. The molecule has 1 aliphatic rings. The van der Waals surface area contributed by atoms with Crippen molar-refractivity contribution in [1.82, 2.24) is 0 Å². The van der Waals surface area contributed by atoms with Gasteiger partial charge in [-0.2, -0.15) is 0 Å². The molecule has 0 saturated heterocycles. The lowest BCUT2D eigenvalue weighted by atomic mass is 10.1. The third-order valence-electron chi connectivity index (χ3n) is 4.04. The van der Waals surface area contributed by atoms with E-state index >= 15 is 0 Å². The molecule has 0 bridgehead atoms. The molecule has 0 heterocycles. The molecule has 1 amide bonds. The molecule has 2 N–H and O–H groups in total. The van der Waals surface area contributed by atoms with Crippen molar-refractivity contribution in [3.8, 4) is 0 Å². The van der Waals surface area contributed by atoms with E-state index in [1.165, 1.54) is 11.1 Å². The summed E-state index contributed by atoms with van der Waals surface area (Å²) in [5.74, 6) is 0.112. The van der Waals surface area contributed by atoms with Crippen LogP contribution in [0.3, 0.4) is 0 Å². The molecule has 0 unspecified atom stereocenters. The number of hydrogen-bond acceptors (Lipinski definition) is 2. The van der Waals surface area contributed by atoms with Gasteiger partial charge in [-0.15, -0.1) is 0 Å². The second kappa shape index (κ2) is 6.10. The van der Waals surface area contributed by atoms with Crippen LogP contribution in [0.4, 0.5) is 5.69 Å². The number of fused-ring (bicyclic) bond motifs is 1. The van der Waals surface area contributed by atoms with E-state index in [4.69, 9.17) is 5.11 Å². The third kappa shape index (κ3) is 3.14. The van der Waals surface area contributed by atoms with Crippen molar-refractivity contribution in [3.05, 3.63) is 65.2 Å². The van der Waals surface area contributed by atoms with Crippen LogP contribution in [0, 0.1) is 5.92 Å². The Morgan fingerprint density at radius 3 is 2.24 bits per heavy atom. The second-order valence-electron chi connectivity index (χ2n) is 5.53. The molecule has 0 fully saturated rings. The lowest BCUT2D eigenvalue weighted by molar-refractivity contribution is -0.119. The summed E-state index contributed by atoms with van der Waals surface area (Å²) in [7, 11) is 0. The fourth-order valence-corrected chi connectivity index (χ4v) is 2.87. The predicted octanol–water partition coefficient (Wildman–Crippen LogP) is 2.57. The Bertz CT molecular complexity index is 609. The van der Waals surface area contributed by atoms with Gasteiger partial charge >= 0.3 is 0 Å². The highest BCUT2D eigenvalue weighted by atomic mass is 16.2. The SMILES string of the molecule is O=C(Nc1ccc(CCO)cc1)C1Cc2ccccc2C1. The highest BCUT2D eigenvalue weighted by molar-refractivity contribution is 5.93. The van der Waals surface area contributed by atoms with Gasteiger partial charge in [-0.3, -0.25) is 4.79 Å². The van der Waals surface area contributed by atoms with Gasteiger partial charge in [-0.05, 0) is 48.1 Å². The molecule has 21 heavy (non-hydrogen) atoms. The maximum Gasteiger partial charge on any atom is 0.228 e. The minimum absolute atomic E-state index is 0.0273. The van der Waals surface area contributed by atoms with Gasteiger partial charge in [-0.1, -0.05) is 36.4 Å². The molecule has 1 aliphatic carbocycles. The molecule has 3 rings (SSSR count). The summed E-state index contributed by atoms with van der Waals surface area (Å²) in [6.45, 7) is 0.145. The molecule has 2 aromatic rings. The summed E-state index contributed by atoms with van der Waals surface area (Å²) >= 11 is 0. The summed E-state index contributed by atoms with van der Waals surface area (Å²) in [4.78, 5) is 12.3. The van der Waals surface area contributed by atoms with E-state index < -0.39 is 0 Å². The Morgan fingerprint density at radius 1 is 1.05 bits per heavy atom. The fourth-order valence-electron chi connectivity index (χ4n) is 2.87. The standard InChI is InChI=1S/C18H19NO2/c20-10-9-13-5-7-17(8-6-13)19-18(21)16-11-14-3-1-2-4-15(14)12-16/h1-8,16,20H,9-12H2,(H,19,21). The Labute approximate surface area is 124 Å². The van der Waals surface area contributed by atoms with E-state index in [-0.39, 0.29) is 18.4 Å². The fraction of sp³-hybridized carbons (Fsp3) is 0.278. The van der Waals surface area contributed by atoms with Crippen LogP contribution in [0.5, 0.6) is 0 Å². The van der Waals surface area contributed by atoms with Crippen LogP contribution in [0.15, 0.2) is 48.5 Å². The van der Waals surface area contributed by atoms with Crippen LogP contribution in [0.1, 0.15) is 16.7 Å². The van der Waals surface area contributed by atoms with Crippen LogP contribution in [0.25, 0.3) is 0 Å². The lowest BCUT2D eigenvalue weighted by Crippen LogP contribution is -2.23. The van der Waals surface area contributed by atoms with Gasteiger partial charge in [0.1, 0.15) is 0 Å². The maximum absolute atomic E-state index is 12.3. The largest absolute Gasteiger partial charge is 0.396 e. The quantitative estimate of drug-likeness (QED) is 0.905. The summed E-state index contributed by atoms with van der Waals surface area (Å²) < 4.78 is 0. The first-order valence-electron chi connectivity index (χ1n) is 7.33. The summed E-state index contributed by atoms with van der Waals surface area (Å²) in [6, 6.07) is 15.9. The zero-order valence-corrected chi connectivity index (χ0v) is 11.9. The number of anilines is 1. The van der Waals surface area contributed by atoms with Crippen LogP contribution < -0.4 is 5.32 Å². The number of hydrogen-bond donors (Lipinski definition) is 2. The maximum atomic E-state index is 12.3. The molecular weight excluding hydrogens is 262 g/mol. The summed E-state index contributed by atoms with van der Waals surface area (Å²) in [5.41, 5.74) is 4.47. The molecule has 0 aromatic heterocycles. The minimum atomic E-state index is 0.0273. The molecule has 0 atom stereocenters. The average Bonchev–Trinajstić information content (AvgIpc) is 2.94. The monoisotopic (exact) mass is 281 g/mol. The molecule has 108 valence electrons. The van der Waals surface area contributed by atoms with Gasteiger partial charge in [0.25, 0.3) is 0 Å². The molecule has 0 saturated carbocycles. The highest BCUT2D eigenvalue weighted by Crippen LogP contribution is 2.27. The first kappa shape index (κ1) is 13.8. The number of amides is 1. The normalized spacial score (nSPS) is 14.0. The van der Waals surface area contributed by atoms with Crippen molar-refractivity contribution >= 4 is 11.6 Å². The number of nitrogens with one attached hydrogen (secondary N) is 1. The van der Waals surface area contributed by atoms with Crippen molar-refractivity contribution in [2.24, 2.45) is 5.92 Å². The average molecular weight is 281 g/mol. The third-order valence-corrected chi connectivity index (χ3v) is 4.04. The van der Waals surface area contributed by atoms with Crippen LogP contribution in [0.2, 0.25) is 0 Å². The zero-order valence-electron chi connectivity index (χ0n) is 11.9. The van der Waals surface area contributed by atoms with Gasteiger partial charge < -0.3 is 10.4 Å². The molecule has 3 heteroatoms. The van der Waals surface area contributed by atoms with Crippen molar-refractivity contribution in [2.45, 2.75) is 19.3 Å². The van der Waals surface area contributed by atoms with Crippen LogP contribution in [-0.2, 0) is 24.1 Å². The molecule has 0 aliphatic heterocycles. The number of carbonyl (C=O) groups is 1. The van der Waals surface area contributed by atoms with Gasteiger partial charge in [0.15, 0.2) is 0 Å². The zero-order chi connectivity index (χ0) is 14.7. The number of aliphatic hydroxyl groups excluding tert-OH is 1. The van der Waals surface area contributed by atoms with E-state index in [2.05, 4.69) is 17.4 Å². The summed E-state index contributed by atoms with van der Waals surface area (Å²) in [5, 5.41) is 11.9. The molecule has 2 aromatic carbocycles. The Kier molecular flexibility index (Phi) is 4.02. The number of aliphatic hydroxyl groups is 1. The number of rotatable bonds is 4. The molecular formula is C18H19NO2. The lowest BCUT2D eigenvalue weighted by Gasteiger charge is -2.11. The van der Waals surface area contributed by atoms with E-state index in [0.717, 1.165) is 24.1 Å². The van der Waals surface area contributed by atoms with Crippen molar-refractivity contribution in [3.63, 3.8) is 0 Å². The van der Waals surface area contributed by atoms with E-state index in [0.29, 0.717) is 6.42 Å². The van der Waals surface area contributed by atoms with E-state index in [1.54, 1.807) is 0 Å². The first-order chi connectivity index (χ1) is 10.3. The Balaban J connectivity index is 1.62. The smallest absolute Gasteiger partial charge is 0.228 e. The van der Waals surface area contributed by atoms with Crippen LogP contribution >= 0.6 is 0 Å². The molecule has 3 nitrogen and oxygen atoms in total. The van der Waals surface area contributed by atoms with E-state index in [1.807, 2.05) is 36.4 Å². The number of carbonyl (C=O) groups excluding carboxylic acids is 1. The second-order valence-corrected chi connectivity index (χ2v) is 5.53. The van der Waals surface area contributed by atoms with Crippen molar-refractivity contribution in [2.75, 3.05) is 11.9 Å². The van der Waals surface area contributed by atoms with Gasteiger partial charge in [-0.25, -0.2) is 0 Å².